The van der Waals surface area contributed by atoms with Crippen molar-refractivity contribution in [1.29, 1.82) is 0 Å². The van der Waals surface area contributed by atoms with E-state index in [0.717, 1.165) is 18.4 Å². The van der Waals surface area contributed by atoms with E-state index in [2.05, 4.69) is 24.4 Å². The van der Waals surface area contributed by atoms with Gasteiger partial charge in [-0.1, -0.05) is 35.9 Å². The molecule has 1 aromatic carbocycles. The van der Waals surface area contributed by atoms with Crippen molar-refractivity contribution in [1.82, 2.24) is 0 Å². The Bertz CT molecular complexity index is 417. The zero-order valence-electron chi connectivity index (χ0n) is 9.39. The van der Waals surface area contributed by atoms with E-state index < -0.39 is 0 Å². The van der Waals surface area contributed by atoms with Gasteiger partial charge in [-0.2, -0.15) is 0 Å². The SMILES string of the molecule is Cc1ccc(C(O)CCc2cccs2)cc1. The van der Waals surface area contributed by atoms with Gasteiger partial charge in [0.1, 0.15) is 0 Å². The second-order valence-corrected chi connectivity index (χ2v) is 5.08. The molecule has 0 spiro atoms. The van der Waals surface area contributed by atoms with Gasteiger partial charge in [-0.25, -0.2) is 0 Å². The fourth-order valence-electron chi connectivity index (χ4n) is 1.69. The lowest BCUT2D eigenvalue weighted by Gasteiger charge is -2.10. The van der Waals surface area contributed by atoms with Gasteiger partial charge in [-0.05, 0) is 36.8 Å². The van der Waals surface area contributed by atoms with E-state index >= 15 is 0 Å². The first kappa shape index (κ1) is 11.4. The Balaban J connectivity index is 1.93. The molecule has 84 valence electrons. The van der Waals surface area contributed by atoms with E-state index in [4.69, 9.17) is 0 Å². The van der Waals surface area contributed by atoms with E-state index in [1.807, 2.05) is 24.3 Å². The number of hydrogen-bond donors (Lipinski definition) is 1. The maximum Gasteiger partial charge on any atom is 0.0793 e. The Hall–Kier alpha value is -1.12. The standard InChI is InChI=1S/C14H16OS/c1-11-4-6-12(7-5-11)14(15)9-8-13-3-2-10-16-13/h2-7,10,14-15H,8-9H2,1H3. The summed E-state index contributed by atoms with van der Waals surface area (Å²) < 4.78 is 0. The molecule has 1 nitrogen and oxygen atoms in total. The smallest absolute Gasteiger partial charge is 0.0793 e. The molecule has 0 aliphatic carbocycles. The summed E-state index contributed by atoms with van der Waals surface area (Å²) in [7, 11) is 0. The van der Waals surface area contributed by atoms with Gasteiger partial charge >= 0.3 is 0 Å². The van der Waals surface area contributed by atoms with E-state index in [-0.39, 0.29) is 6.10 Å². The molecule has 0 saturated heterocycles. The number of hydrogen-bond acceptors (Lipinski definition) is 2. The molecule has 16 heavy (non-hydrogen) atoms. The van der Waals surface area contributed by atoms with Crippen LogP contribution in [0.2, 0.25) is 0 Å². The third kappa shape index (κ3) is 2.94. The van der Waals surface area contributed by atoms with Crippen LogP contribution in [0.3, 0.4) is 0 Å². The van der Waals surface area contributed by atoms with Crippen LogP contribution in [-0.2, 0) is 6.42 Å². The number of aliphatic hydroxyl groups is 1. The van der Waals surface area contributed by atoms with Gasteiger partial charge in [0.05, 0.1) is 6.10 Å². The van der Waals surface area contributed by atoms with Crippen LogP contribution in [0.1, 0.15) is 28.5 Å². The molecule has 1 heterocycles. The maximum absolute atomic E-state index is 10.0. The largest absolute Gasteiger partial charge is 0.388 e. The lowest BCUT2D eigenvalue weighted by molar-refractivity contribution is 0.168. The predicted molar refractivity (Wildman–Crippen MR) is 68.8 cm³/mol. The fraction of sp³-hybridized carbons (Fsp3) is 0.286. The van der Waals surface area contributed by atoms with E-state index in [0.29, 0.717) is 0 Å². The molecule has 2 heteroatoms. The van der Waals surface area contributed by atoms with Crippen molar-refractivity contribution in [3.63, 3.8) is 0 Å². The monoisotopic (exact) mass is 232 g/mol. The molecule has 1 aromatic heterocycles. The summed E-state index contributed by atoms with van der Waals surface area (Å²) in [5, 5.41) is 12.1. The lowest BCUT2D eigenvalue weighted by Crippen LogP contribution is -1.98. The summed E-state index contributed by atoms with van der Waals surface area (Å²) in [5.74, 6) is 0. The second-order valence-electron chi connectivity index (χ2n) is 4.04. The van der Waals surface area contributed by atoms with Crippen molar-refractivity contribution in [2.24, 2.45) is 0 Å². The van der Waals surface area contributed by atoms with Gasteiger partial charge in [0.15, 0.2) is 0 Å². The highest BCUT2D eigenvalue weighted by atomic mass is 32.1. The number of aryl methyl sites for hydroxylation is 2. The van der Waals surface area contributed by atoms with Crippen molar-refractivity contribution < 1.29 is 5.11 Å². The van der Waals surface area contributed by atoms with Crippen LogP contribution in [0.25, 0.3) is 0 Å². The van der Waals surface area contributed by atoms with E-state index in [9.17, 15) is 5.11 Å². The molecule has 2 rings (SSSR count). The Morgan fingerprint density at radius 1 is 1.19 bits per heavy atom. The van der Waals surface area contributed by atoms with E-state index in [1.54, 1.807) is 11.3 Å². The molecule has 0 saturated carbocycles. The number of rotatable bonds is 4. The fourth-order valence-corrected chi connectivity index (χ4v) is 2.41. The van der Waals surface area contributed by atoms with Crippen molar-refractivity contribution in [2.75, 3.05) is 0 Å². The number of benzene rings is 1. The molecular weight excluding hydrogens is 216 g/mol. The Labute approximate surface area is 100 Å². The minimum Gasteiger partial charge on any atom is -0.388 e. The lowest BCUT2D eigenvalue weighted by atomic mass is 10.0. The Morgan fingerprint density at radius 2 is 1.94 bits per heavy atom. The second kappa shape index (κ2) is 5.28. The van der Waals surface area contributed by atoms with Gasteiger partial charge < -0.3 is 5.11 Å². The minimum absolute atomic E-state index is 0.345. The van der Waals surface area contributed by atoms with Crippen LogP contribution in [0, 0.1) is 6.92 Å². The quantitative estimate of drug-likeness (QED) is 0.851. The molecule has 0 bridgehead atoms. The molecular formula is C14H16OS. The highest BCUT2D eigenvalue weighted by molar-refractivity contribution is 7.09. The highest BCUT2D eigenvalue weighted by Gasteiger charge is 2.07. The number of thiophene rings is 1. The molecule has 2 aromatic rings. The van der Waals surface area contributed by atoms with Crippen LogP contribution in [0.5, 0.6) is 0 Å². The van der Waals surface area contributed by atoms with Crippen LogP contribution in [0.4, 0.5) is 0 Å². The normalized spacial score (nSPS) is 12.6. The first-order valence-corrected chi connectivity index (χ1v) is 6.40. The van der Waals surface area contributed by atoms with Crippen LogP contribution >= 0.6 is 11.3 Å². The Kier molecular flexibility index (Phi) is 3.75. The first-order valence-electron chi connectivity index (χ1n) is 5.53. The van der Waals surface area contributed by atoms with Crippen LogP contribution in [-0.4, -0.2) is 5.11 Å². The van der Waals surface area contributed by atoms with Crippen LogP contribution in [0.15, 0.2) is 41.8 Å². The molecule has 1 atom stereocenters. The summed E-state index contributed by atoms with van der Waals surface area (Å²) in [6.45, 7) is 2.06. The maximum atomic E-state index is 10.0. The van der Waals surface area contributed by atoms with Crippen molar-refractivity contribution >= 4 is 11.3 Å². The molecule has 0 fully saturated rings. The van der Waals surface area contributed by atoms with Crippen molar-refractivity contribution in [3.8, 4) is 0 Å². The van der Waals surface area contributed by atoms with Gasteiger partial charge in [-0.3, -0.25) is 0 Å². The molecule has 0 radical (unpaired) electrons. The highest BCUT2D eigenvalue weighted by Crippen LogP contribution is 2.21. The van der Waals surface area contributed by atoms with Crippen LogP contribution < -0.4 is 0 Å². The van der Waals surface area contributed by atoms with Gasteiger partial charge in [0.2, 0.25) is 0 Å². The van der Waals surface area contributed by atoms with Crippen molar-refractivity contribution in [3.05, 3.63) is 57.8 Å². The zero-order valence-corrected chi connectivity index (χ0v) is 10.2. The molecule has 1 N–H and O–H groups in total. The van der Waals surface area contributed by atoms with Crippen molar-refractivity contribution in [2.45, 2.75) is 25.9 Å². The summed E-state index contributed by atoms with van der Waals surface area (Å²) >= 11 is 1.75. The summed E-state index contributed by atoms with van der Waals surface area (Å²) in [5.41, 5.74) is 2.25. The molecule has 0 aliphatic heterocycles. The molecule has 0 amide bonds. The van der Waals surface area contributed by atoms with Gasteiger partial charge in [0, 0.05) is 4.88 Å². The molecule has 1 unspecified atom stereocenters. The average molecular weight is 232 g/mol. The third-order valence-electron chi connectivity index (χ3n) is 2.71. The average Bonchev–Trinajstić information content (AvgIpc) is 2.80. The first-order chi connectivity index (χ1) is 7.75. The minimum atomic E-state index is -0.345. The van der Waals surface area contributed by atoms with Gasteiger partial charge in [0.25, 0.3) is 0 Å². The summed E-state index contributed by atoms with van der Waals surface area (Å²) in [6, 6.07) is 12.3. The Morgan fingerprint density at radius 3 is 2.56 bits per heavy atom. The topological polar surface area (TPSA) is 20.2 Å². The summed E-state index contributed by atoms with van der Waals surface area (Å²) in [6.07, 6.45) is 1.40. The molecule has 0 aliphatic rings. The third-order valence-corrected chi connectivity index (χ3v) is 3.64. The summed E-state index contributed by atoms with van der Waals surface area (Å²) in [4.78, 5) is 1.34. The van der Waals surface area contributed by atoms with E-state index in [1.165, 1.54) is 10.4 Å². The predicted octanol–water partition coefficient (Wildman–Crippen LogP) is 3.72. The number of aliphatic hydroxyl groups excluding tert-OH is 1. The zero-order chi connectivity index (χ0) is 11.4. The van der Waals surface area contributed by atoms with Gasteiger partial charge in [-0.15, -0.1) is 11.3 Å².